The normalized spacial score (nSPS) is 18.5. The van der Waals surface area contributed by atoms with E-state index >= 15 is 0 Å². The number of hydrogen-bond donors (Lipinski definition) is 0. The third kappa shape index (κ3) is 2.54. The quantitative estimate of drug-likeness (QED) is 0.597. The molecule has 1 amide bonds. The van der Waals surface area contributed by atoms with Gasteiger partial charge in [0.2, 0.25) is 5.91 Å². The number of amides is 1. The van der Waals surface area contributed by atoms with Crippen LogP contribution in [0, 0.1) is 18.3 Å². The van der Waals surface area contributed by atoms with Gasteiger partial charge in [0.1, 0.15) is 12.4 Å². The smallest absolute Gasteiger partial charge is 0.227 e. The molecule has 92 valence electrons. The minimum absolute atomic E-state index is 0.136. The van der Waals surface area contributed by atoms with E-state index in [-0.39, 0.29) is 18.4 Å². The molecule has 0 aromatic heterocycles. The number of anilines is 1. The fraction of sp³-hybridized carbons (Fsp3) is 0.267. The zero-order chi connectivity index (χ0) is 13.0. The topological polar surface area (TPSA) is 29.5 Å². The lowest BCUT2D eigenvalue weighted by atomic mass is 10.1. The summed E-state index contributed by atoms with van der Waals surface area (Å²) in [6, 6.07) is 7.38. The van der Waals surface area contributed by atoms with E-state index in [1.165, 1.54) is 0 Å². The molecule has 0 N–H and O–H groups in total. The molecule has 1 fully saturated rings. The van der Waals surface area contributed by atoms with Crippen LogP contribution in [0.15, 0.2) is 36.9 Å². The lowest BCUT2D eigenvalue weighted by Crippen LogP contribution is -2.24. The van der Waals surface area contributed by atoms with Gasteiger partial charge in [-0.15, -0.1) is 13.0 Å². The third-order valence-electron chi connectivity index (χ3n) is 2.96. The SMILES string of the molecule is C#CCOc1ccc(N2CC(C=C)CC2=O)cc1. The lowest BCUT2D eigenvalue weighted by molar-refractivity contribution is -0.117. The summed E-state index contributed by atoms with van der Waals surface area (Å²) >= 11 is 0. The highest BCUT2D eigenvalue weighted by Gasteiger charge is 2.28. The second-order valence-corrected chi connectivity index (χ2v) is 4.19. The minimum atomic E-state index is 0.136. The van der Waals surface area contributed by atoms with E-state index in [2.05, 4.69) is 12.5 Å². The van der Waals surface area contributed by atoms with Crippen molar-refractivity contribution in [2.24, 2.45) is 5.92 Å². The van der Waals surface area contributed by atoms with Gasteiger partial charge in [0.15, 0.2) is 0 Å². The van der Waals surface area contributed by atoms with Crippen LogP contribution >= 0.6 is 0 Å². The van der Waals surface area contributed by atoms with Crippen molar-refractivity contribution in [1.82, 2.24) is 0 Å². The standard InChI is InChI=1S/C15H15NO2/c1-3-9-18-14-7-5-13(6-8-14)16-11-12(4-2)10-15(16)17/h1,4-8,12H,2,9-11H2. The first-order valence-corrected chi connectivity index (χ1v) is 5.84. The monoisotopic (exact) mass is 241 g/mol. The van der Waals surface area contributed by atoms with Gasteiger partial charge in [-0.3, -0.25) is 4.79 Å². The molecule has 1 aromatic rings. The summed E-state index contributed by atoms with van der Waals surface area (Å²) in [5.74, 6) is 3.50. The number of nitrogens with zero attached hydrogens (tertiary/aromatic N) is 1. The van der Waals surface area contributed by atoms with Crippen molar-refractivity contribution in [2.45, 2.75) is 6.42 Å². The van der Waals surface area contributed by atoms with E-state index < -0.39 is 0 Å². The maximum Gasteiger partial charge on any atom is 0.227 e. The van der Waals surface area contributed by atoms with Gasteiger partial charge in [0.25, 0.3) is 0 Å². The molecule has 1 heterocycles. The first-order chi connectivity index (χ1) is 8.74. The Labute approximate surface area is 107 Å². The van der Waals surface area contributed by atoms with Crippen LogP contribution in [0.3, 0.4) is 0 Å². The van der Waals surface area contributed by atoms with Crippen molar-refractivity contribution in [3.63, 3.8) is 0 Å². The minimum Gasteiger partial charge on any atom is -0.481 e. The first kappa shape index (κ1) is 12.3. The van der Waals surface area contributed by atoms with E-state index in [1.54, 1.807) is 4.90 Å². The van der Waals surface area contributed by atoms with Crippen LogP contribution in [0.2, 0.25) is 0 Å². The van der Waals surface area contributed by atoms with Gasteiger partial charge in [-0.1, -0.05) is 12.0 Å². The molecule has 0 radical (unpaired) electrons. The van der Waals surface area contributed by atoms with Crippen molar-refractivity contribution in [3.8, 4) is 18.1 Å². The Morgan fingerprint density at radius 2 is 2.22 bits per heavy atom. The molecule has 1 aromatic carbocycles. The number of ether oxygens (including phenoxy) is 1. The molecular weight excluding hydrogens is 226 g/mol. The fourth-order valence-electron chi connectivity index (χ4n) is 1.99. The highest BCUT2D eigenvalue weighted by atomic mass is 16.5. The van der Waals surface area contributed by atoms with Crippen LogP contribution in [0.1, 0.15) is 6.42 Å². The molecule has 1 aliphatic rings. The summed E-state index contributed by atoms with van der Waals surface area (Å²) in [7, 11) is 0. The molecule has 3 heteroatoms. The fourth-order valence-corrected chi connectivity index (χ4v) is 1.99. The highest BCUT2D eigenvalue weighted by molar-refractivity contribution is 5.96. The molecule has 0 spiro atoms. The van der Waals surface area contributed by atoms with Crippen LogP contribution in [-0.4, -0.2) is 19.1 Å². The second-order valence-electron chi connectivity index (χ2n) is 4.19. The van der Waals surface area contributed by atoms with Gasteiger partial charge >= 0.3 is 0 Å². The molecule has 0 bridgehead atoms. The number of terminal acetylenes is 1. The summed E-state index contributed by atoms with van der Waals surface area (Å²) in [4.78, 5) is 13.6. The predicted octanol–water partition coefficient (Wildman–Crippen LogP) is 2.24. The van der Waals surface area contributed by atoms with Crippen LogP contribution in [0.5, 0.6) is 5.75 Å². The van der Waals surface area contributed by atoms with E-state index in [1.807, 2.05) is 30.3 Å². The molecule has 2 rings (SSSR count). The summed E-state index contributed by atoms with van der Waals surface area (Å²) in [5, 5.41) is 0. The van der Waals surface area contributed by atoms with Crippen LogP contribution in [0.25, 0.3) is 0 Å². The van der Waals surface area contributed by atoms with Crippen LogP contribution in [0.4, 0.5) is 5.69 Å². The van der Waals surface area contributed by atoms with Gasteiger partial charge < -0.3 is 9.64 Å². The predicted molar refractivity (Wildman–Crippen MR) is 71.4 cm³/mol. The maximum absolute atomic E-state index is 11.8. The average Bonchev–Trinajstić information content (AvgIpc) is 2.78. The maximum atomic E-state index is 11.8. The van der Waals surface area contributed by atoms with E-state index in [9.17, 15) is 4.79 Å². The van der Waals surface area contributed by atoms with E-state index in [4.69, 9.17) is 11.2 Å². The van der Waals surface area contributed by atoms with Gasteiger partial charge in [-0.2, -0.15) is 0 Å². The Kier molecular flexibility index (Phi) is 3.69. The number of hydrogen-bond acceptors (Lipinski definition) is 2. The summed E-state index contributed by atoms with van der Waals surface area (Å²) < 4.78 is 5.29. The van der Waals surface area contributed by atoms with Gasteiger partial charge in [-0.25, -0.2) is 0 Å². The third-order valence-corrected chi connectivity index (χ3v) is 2.96. The molecule has 1 aliphatic heterocycles. The van der Waals surface area contributed by atoms with Gasteiger partial charge in [-0.05, 0) is 24.3 Å². The molecule has 1 saturated heterocycles. The molecular formula is C15H15NO2. The molecule has 3 nitrogen and oxygen atoms in total. The number of carbonyl (C=O) groups excluding carboxylic acids is 1. The molecule has 1 atom stereocenters. The van der Waals surface area contributed by atoms with Crippen molar-refractivity contribution < 1.29 is 9.53 Å². The zero-order valence-corrected chi connectivity index (χ0v) is 10.1. The molecule has 0 saturated carbocycles. The molecule has 1 unspecified atom stereocenters. The van der Waals surface area contributed by atoms with Crippen molar-refractivity contribution >= 4 is 11.6 Å². The second kappa shape index (κ2) is 5.42. The summed E-state index contributed by atoms with van der Waals surface area (Å²) in [6.45, 7) is 4.69. The lowest BCUT2D eigenvalue weighted by Gasteiger charge is -2.16. The zero-order valence-electron chi connectivity index (χ0n) is 10.1. The Morgan fingerprint density at radius 3 is 2.78 bits per heavy atom. The van der Waals surface area contributed by atoms with Crippen LogP contribution < -0.4 is 9.64 Å². The first-order valence-electron chi connectivity index (χ1n) is 5.84. The van der Waals surface area contributed by atoms with Crippen molar-refractivity contribution in [3.05, 3.63) is 36.9 Å². The molecule has 18 heavy (non-hydrogen) atoms. The average molecular weight is 241 g/mol. The number of carbonyl (C=O) groups is 1. The Balaban J connectivity index is 2.08. The largest absolute Gasteiger partial charge is 0.481 e. The van der Waals surface area contributed by atoms with Crippen molar-refractivity contribution in [1.29, 1.82) is 0 Å². The number of rotatable bonds is 4. The van der Waals surface area contributed by atoms with Crippen LogP contribution in [-0.2, 0) is 4.79 Å². The Bertz CT molecular complexity index is 484. The highest BCUT2D eigenvalue weighted by Crippen LogP contribution is 2.27. The van der Waals surface area contributed by atoms with Gasteiger partial charge in [0, 0.05) is 24.6 Å². The van der Waals surface area contributed by atoms with E-state index in [0.29, 0.717) is 18.7 Å². The molecule has 0 aliphatic carbocycles. The van der Waals surface area contributed by atoms with E-state index in [0.717, 1.165) is 5.69 Å². The van der Waals surface area contributed by atoms with Gasteiger partial charge in [0.05, 0.1) is 0 Å². The summed E-state index contributed by atoms with van der Waals surface area (Å²) in [5.41, 5.74) is 0.886. The Morgan fingerprint density at radius 1 is 1.50 bits per heavy atom. The Hall–Kier alpha value is -2.21. The summed E-state index contributed by atoms with van der Waals surface area (Å²) in [6.07, 6.45) is 7.49. The number of benzene rings is 1. The van der Waals surface area contributed by atoms with Crippen molar-refractivity contribution in [2.75, 3.05) is 18.1 Å².